The first-order chi connectivity index (χ1) is 8.91. The maximum atomic E-state index is 13.8. The molecule has 0 heterocycles. The molecule has 19 heavy (non-hydrogen) atoms. The fraction of sp³-hybridized carbons (Fsp3) is 0.143. The molecule has 5 heteroatoms. The van der Waals surface area contributed by atoms with Gasteiger partial charge in [0.25, 0.3) is 0 Å². The summed E-state index contributed by atoms with van der Waals surface area (Å²) in [4.78, 5) is 0. The highest BCUT2D eigenvalue weighted by atomic mass is 79.9. The third-order valence-corrected chi connectivity index (χ3v) is 4.07. The van der Waals surface area contributed by atoms with E-state index in [9.17, 15) is 13.9 Å². The van der Waals surface area contributed by atoms with Gasteiger partial charge < -0.3 is 5.11 Å². The molecule has 0 fully saturated rings. The van der Waals surface area contributed by atoms with Gasteiger partial charge in [-0.2, -0.15) is 0 Å². The molecular formula is C14H10BrClF2O. The quantitative estimate of drug-likeness (QED) is 0.829. The number of benzene rings is 2. The van der Waals surface area contributed by atoms with E-state index in [0.717, 1.165) is 0 Å². The summed E-state index contributed by atoms with van der Waals surface area (Å²) in [7, 11) is 0. The van der Waals surface area contributed by atoms with Gasteiger partial charge in [-0.25, -0.2) is 8.78 Å². The molecule has 1 N–H and O–H groups in total. The molecule has 2 aromatic rings. The Morgan fingerprint density at radius 3 is 2.47 bits per heavy atom. The number of halogens is 4. The van der Waals surface area contributed by atoms with E-state index < -0.39 is 17.7 Å². The lowest BCUT2D eigenvalue weighted by Gasteiger charge is -2.14. The number of aliphatic hydroxyl groups is 1. The molecule has 0 aliphatic carbocycles. The largest absolute Gasteiger partial charge is 0.384 e. The number of rotatable bonds is 2. The van der Waals surface area contributed by atoms with Gasteiger partial charge in [-0.3, -0.25) is 0 Å². The molecule has 0 aromatic heterocycles. The van der Waals surface area contributed by atoms with Crippen LogP contribution in [-0.4, -0.2) is 5.11 Å². The van der Waals surface area contributed by atoms with Crippen LogP contribution in [0, 0.1) is 18.6 Å². The second-order valence-corrected chi connectivity index (χ2v) is 5.44. The topological polar surface area (TPSA) is 20.2 Å². The van der Waals surface area contributed by atoms with Crippen LogP contribution in [0.2, 0.25) is 5.02 Å². The summed E-state index contributed by atoms with van der Waals surface area (Å²) >= 11 is 9.07. The third-order valence-electron chi connectivity index (χ3n) is 2.86. The highest BCUT2D eigenvalue weighted by molar-refractivity contribution is 9.10. The van der Waals surface area contributed by atoms with Gasteiger partial charge in [0.1, 0.15) is 6.10 Å². The summed E-state index contributed by atoms with van der Waals surface area (Å²) in [5.74, 6) is -1.97. The molecule has 0 aliphatic heterocycles. The van der Waals surface area contributed by atoms with Gasteiger partial charge in [0.05, 0.1) is 5.02 Å². The van der Waals surface area contributed by atoms with Crippen LogP contribution in [0.3, 0.4) is 0 Å². The fourth-order valence-electron chi connectivity index (χ4n) is 1.73. The second-order valence-electron chi connectivity index (χ2n) is 4.18. The first-order valence-electron chi connectivity index (χ1n) is 5.49. The summed E-state index contributed by atoms with van der Waals surface area (Å²) in [6, 6.07) is 7.52. The predicted octanol–water partition coefficient (Wildman–Crippen LogP) is 4.77. The first-order valence-corrected chi connectivity index (χ1v) is 6.66. The molecule has 0 saturated heterocycles. The van der Waals surface area contributed by atoms with Crippen molar-refractivity contribution in [1.29, 1.82) is 0 Å². The molecule has 1 unspecified atom stereocenters. The van der Waals surface area contributed by atoms with Crippen LogP contribution in [0.1, 0.15) is 22.8 Å². The van der Waals surface area contributed by atoms with Gasteiger partial charge in [0, 0.05) is 10.0 Å². The van der Waals surface area contributed by atoms with E-state index in [2.05, 4.69) is 15.9 Å². The first kappa shape index (κ1) is 14.4. The van der Waals surface area contributed by atoms with Gasteiger partial charge in [0.2, 0.25) is 0 Å². The van der Waals surface area contributed by atoms with E-state index in [1.165, 1.54) is 19.1 Å². The van der Waals surface area contributed by atoms with E-state index in [1.807, 2.05) is 0 Å². The lowest BCUT2D eigenvalue weighted by molar-refractivity contribution is 0.213. The standard InChI is InChI=1S/C14H10BrClF2O/c1-7-2-4-9(13(18)12(7)17)14(19)8-3-5-11(16)10(15)6-8/h2-6,14,19H,1H3. The minimum atomic E-state index is -1.25. The van der Waals surface area contributed by atoms with Crippen molar-refractivity contribution in [3.8, 4) is 0 Å². The van der Waals surface area contributed by atoms with Gasteiger partial charge in [-0.1, -0.05) is 29.8 Å². The smallest absolute Gasteiger partial charge is 0.165 e. The molecule has 100 valence electrons. The van der Waals surface area contributed by atoms with Crippen molar-refractivity contribution >= 4 is 27.5 Å². The molecule has 0 spiro atoms. The van der Waals surface area contributed by atoms with Gasteiger partial charge in [-0.05, 0) is 46.1 Å². The SMILES string of the molecule is Cc1ccc(C(O)c2ccc(Cl)c(Br)c2)c(F)c1F. The Morgan fingerprint density at radius 2 is 1.84 bits per heavy atom. The van der Waals surface area contributed by atoms with Crippen molar-refractivity contribution in [3.63, 3.8) is 0 Å². The molecule has 0 aliphatic rings. The van der Waals surface area contributed by atoms with E-state index in [4.69, 9.17) is 11.6 Å². The Morgan fingerprint density at radius 1 is 1.16 bits per heavy atom. The summed E-state index contributed by atoms with van der Waals surface area (Å²) in [5, 5.41) is 10.6. The zero-order chi connectivity index (χ0) is 14.2. The van der Waals surface area contributed by atoms with E-state index in [1.54, 1.807) is 18.2 Å². The van der Waals surface area contributed by atoms with Gasteiger partial charge in [-0.15, -0.1) is 0 Å². The minimum Gasteiger partial charge on any atom is -0.384 e. The van der Waals surface area contributed by atoms with Crippen molar-refractivity contribution < 1.29 is 13.9 Å². The highest BCUT2D eigenvalue weighted by Gasteiger charge is 2.19. The molecule has 0 radical (unpaired) electrons. The Balaban J connectivity index is 2.47. The van der Waals surface area contributed by atoms with Gasteiger partial charge >= 0.3 is 0 Å². The Kier molecular flexibility index (Phi) is 4.23. The van der Waals surface area contributed by atoms with Crippen molar-refractivity contribution in [3.05, 3.63) is 68.2 Å². The van der Waals surface area contributed by atoms with E-state index in [-0.39, 0.29) is 11.1 Å². The molecule has 2 aromatic carbocycles. The maximum Gasteiger partial charge on any atom is 0.165 e. The van der Waals surface area contributed by atoms with E-state index >= 15 is 0 Å². The zero-order valence-electron chi connectivity index (χ0n) is 9.92. The molecule has 0 bridgehead atoms. The second kappa shape index (κ2) is 5.57. The molecule has 1 nitrogen and oxygen atoms in total. The Bertz CT molecular complexity index is 631. The number of aryl methyl sites for hydroxylation is 1. The summed E-state index contributed by atoms with van der Waals surface area (Å²) < 4.78 is 27.9. The van der Waals surface area contributed by atoms with Crippen molar-refractivity contribution in [1.82, 2.24) is 0 Å². The predicted molar refractivity (Wildman–Crippen MR) is 74.3 cm³/mol. The highest BCUT2D eigenvalue weighted by Crippen LogP contribution is 2.31. The van der Waals surface area contributed by atoms with Crippen molar-refractivity contribution in [2.45, 2.75) is 13.0 Å². The van der Waals surface area contributed by atoms with Crippen LogP contribution >= 0.6 is 27.5 Å². The molecule has 0 amide bonds. The van der Waals surface area contributed by atoms with Crippen LogP contribution in [0.15, 0.2) is 34.8 Å². The minimum absolute atomic E-state index is 0.0997. The van der Waals surface area contributed by atoms with Gasteiger partial charge in [0.15, 0.2) is 11.6 Å². The zero-order valence-corrected chi connectivity index (χ0v) is 12.3. The van der Waals surface area contributed by atoms with Crippen LogP contribution in [0.5, 0.6) is 0 Å². The average Bonchev–Trinajstić information content (AvgIpc) is 2.39. The third kappa shape index (κ3) is 2.81. The fourth-order valence-corrected chi connectivity index (χ4v) is 2.25. The van der Waals surface area contributed by atoms with Crippen molar-refractivity contribution in [2.24, 2.45) is 0 Å². The lowest BCUT2D eigenvalue weighted by atomic mass is 9.99. The van der Waals surface area contributed by atoms with Crippen LogP contribution < -0.4 is 0 Å². The van der Waals surface area contributed by atoms with Crippen LogP contribution in [0.25, 0.3) is 0 Å². The van der Waals surface area contributed by atoms with E-state index in [0.29, 0.717) is 15.1 Å². The normalized spacial score (nSPS) is 12.5. The maximum absolute atomic E-state index is 13.8. The summed E-state index contributed by atoms with van der Waals surface area (Å²) in [6.45, 7) is 1.47. The molecule has 2 rings (SSSR count). The van der Waals surface area contributed by atoms with Crippen LogP contribution in [0.4, 0.5) is 8.78 Å². The number of aliphatic hydroxyl groups excluding tert-OH is 1. The van der Waals surface area contributed by atoms with Crippen molar-refractivity contribution in [2.75, 3.05) is 0 Å². The monoisotopic (exact) mass is 346 g/mol. The summed E-state index contributed by atoms with van der Waals surface area (Å²) in [6.07, 6.45) is -1.25. The van der Waals surface area contributed by atoms with Crippen LogP contribution in [-0.2, 0) is 0 Å². The molecule has 0 saturated carbocycles. The number of hydrogen-bond acceptors (Lipinski definition) is 1. The molecular weight excluding hydrogens is 338 g/mol. The Hall–Kier alpha value is -0.970. The summed E-state index contributed by atoms with van der Waals surface area (Å²) in [5.41, 5.74) is 0.529. The average molecular weight is 348 g/mol. The number of hydrogen-bond donors (Lipinski definition) is 1. The lowest BCUT2D eigenvalue weighted by Crippen LogP contribution is -2.05. The Labute approximate surface area is 123 Å². The molecule has 1 atom stereocenters.